The van der Waals surface area contributed by atoms with Crippen molar-refractivity contribution in [3.05, 3.63) is 121 Å². The van der Waals surface area contributed by atoms with Gasteiger partial charge in [0.25, 0.3) is 0 Å². The van der Waals surface area contributed by atoms with Crippen molar-refractivity contribution in [3.8, 4) is 22.3 Å². The zero-order valence-corrected chi connectivity index (χ0v) is 18.7. The van der Waals surface area contributed by atoms with Gasteiger partial charge in [-0.2, -0.15) is 0 Å². The first-order valence-electron chi connectivity index (χ1n) is 15.5. The Kier molecular flexibility index (Phi) is 2.71. The minimum absolute atomic E-state index is 0.147. The average Bonchev–Trinajstić information content (AvgIpc) is 3.68. The molecule has 0 saturated heterocycles. The molecule has 0 aliphatic heterocycles. The monoisotopic (exact) mass is 468 g/mol. The van der Waals surface area contributed by atoms with Gasteiger partial charge in [-0.05, 0) is 50.9 Å². The van der Waals surface area contributed by atoms with Gasteiger partial charge in [0.1, 0.15) is 16.7 Å². The van der Waals surface area contributed by atoms with Gasteiger partial charge in [0.15, 0.2) is 0 Å². The molecule has 0 spiro atoms. The maximum atomic E-state index is 9.15. The molecule has 2 aromatic heterocycles. The van der Waals surface area contributed by atoms with Crippen LogP contribution in [0.4, 0.5) is 0 Å². The van der Waals surface area contributed by atoms with E-state index in [1.54, 1.807) is 36.6 Å². The minimum atomic E-state index is -0.445. The Labute approximate surface area is 218 Å². The van der Waals surface area contributed by atoms with Crippen LogP contribution in [0.2, 0.25) is 0 Å². The van der Waals surface area contributed by atoms with E-state index in [-0.39, 0.29) is 51.3 Å². The number of para-hydroxylation sites is 1. The van der Waals surface area contributed by atoms with Crippen molar-refractivity contribution in [2.24, 2.45) is 0 Å². The minimum Gasteiger partial charge on any atom is -0.464 e. The van der Waals surface area contributed by atoms with E-state index in [0.717, 1.165) is 16.2 Å². The fraction of sp³-hybridized carbons (Fsp3) is 0. The molecular weight excluding hydrogens is 440 g/mol. The number of hydrogen-bond donors (Lipinski definition) is 0. The van der Waals surface area contributed by atoms with E-state index in [2.05, 4.69) is 0 Å². The summed E-state index contributed by atoms with van der Waals surface area (Å²) < 4.78 is 83.0. The number of fused-ring (bicyclic) bond motifs is 7. The van der Waals surface area contributed by atoms with Gasteiger partial charge in [0, 0.05) is 21.9 Å². The summed E-state index contributed by atoms with van der Waals surface area (Å²) in [6.07, 6.45) is 1.58. The van der Waals surface area contributed by atoms with Gasteiger partial charge >= 0.3 is 0 Å². The summed E-state index contributed by atoms with van der Waals surface area (Å²) in [7, 11) is 0. The fourth-order valence-corrected chi connectivity index (χ4v) is 5.29. The van der Waals surface area contributed by atoms with Crippen LogP contribution in [0.5, 0.6) is 0 Å². The number of hydrogen-bond acceptors (Lipinski definition) is 2. The summed E-state index contributed by atoms with van der Waals surface area (Å²) in [4.78, 5) is 0. The predicted octanol–water partition coefficient (Wildman–Crippen LogP) is 9.97. The Bertz CT molecular complexity index is 2450. The van der Waals surface area contributed by atoms with Gasteiger partial charge in [-0.3, -0.25) is 0 Å². The largest absolute Gasteiger partial charge is 0.464 e. The van der Waals surface area contributed by atoms with Crippen LogP contribution in [0.25, 0.3) is 76.7 Å². The molecule has 0 atom stereocenters. The molecule has 0 unspecified atom stereocenters. The van der Waals surface area contributed by atoms with E-state index in [4.69, 9.17) is 19.8 Å². The number of rotatable bonds is 2. The quantitative estimate of drug-likeness (QED) is 0.236. The van der Waals surface area contributed by atoms with E-state index in [0.29, 0.717) is 33.4 Å². The van der Waals surface area contributed by atoms with Crippen molar-refractivity contribution in [2.45, 2.75) is 0 Å². The van der Waals surface area contributed by atoms with Crippen LogP contribution in [-0.2, 0) is 0 Å². The first-order valence-corrected chi connectivity index (χ1v) is 11.5. The van der Waals surface area contributed by atoms with Gasteiger partial charge in [-0.1, -0.05) is 96.9 Å². The van der Waals surface area contributed by atoms with Crippen molar-refractivity contribution < 1.29 is 19.8 Å². The molecule has 0 amide bonds. The maximum absolute atomic E-state index is 9.15. The van der Waals surface area contributed by atoms with E-state index < -0.39 is 24.2 Å². The Hall–Kier alpha value is -4.82. The SMILES string of the molecule is [2H]c1c([2H])c([2H])c2c(-c3cccc4c3oc3c5ccoc5ccc43)c3c([2H])c([2H])c([2H])c([2H])c3c(-c3ccccc3)c2c1[2H]. The molecule has 0 bridgehead atoms. The van der Waals surface area contributed by atoms with Crippen LogP contribution in [0.3, 0.4) is 0 Å². The fourth-order valence-electron chi connectivity index (χ4n) is 5.29. The van der Waals surface area contributed by atoms with E-state index >= 15 is 0 Å². The second-order valence-electron chi connectivity index (χ2n) is 8.68. The highest BCUT2D eigenvalue weighted by Gasteiger charge is 2.20. The van der Waals surface area contributed by atoms with Crippen molar-refractivity contribution >= 4 is 54.5 Å². The molecule has 36 heavy (non-hydrogen) atoms. The summed E-state index contributed by atoms with van der Waals surface area (Å²) in [5.41, 5.74) is 3.22. The lowest BCUT2D eigenvalue weighted by molar-refractivity contribution is 0.615. The lowest BCUT2D eigenvalue weighted by Gasteiger charge is -2.17. The second-order valence-corrected chi connectivity index (χ2v) is 8.68. The lowest BCUT2D eigenvalue weighted by Crippen LogP contribution is -1.90. The standard InChI is InChI=1S/C34H20O2/c1-2-9-21(10-3-1)31-22-11-4-6-13-24(22)32(25-14-7-5-12-23(25)31)29-16-8-15-26-27-17-18-30-28(19-20-35-30)33(27)36-34(26)29/h1-20H/i4D,5D,6D,7D,11D,12D,13D,14D. The summed E-state index contributed by atoms with van der Waals surface area (Å²) in [6.45, 7) is 0. The molecule has 168 valence electrons. The third kappa shape index (κ3) is 2.61. The van der Waals surface area contributed by atoms with Gasteiger partial charge < -0.3 is 8.83 Å². The first-order chi connectivity index (χ1) is 21.2. The molecule has 0 fully saturated rings. The highest BCUT2D eigenvalue weighted by molar-refractivity contribution is 6.25. The zero-order chi connectivity index (χ0) is 30.6. The summed E-state index contributed by atoms with van der Waals surface area (Å²) in [5, 5.41) is 2.95. The molecule has 6 aromatic carbocycles. The van der Waals surface area contributed by atoms with Crippen LogP contribution in [-0.4, -0.2) is 0 Å². The zero-order valence-electron chi connectivity index (χ0n) is 26.7. The molecule has 8 aromatic rings. The van der Waals surface area contributed by atoms with Crippen molar-refractivity contribution in [1.82, 2.24) is 0 Å². The third-order valence-corrected chi connectivity index (χ3v) is 6.80. The van der Waals surface area contributed by atoms with Gasteiger partial charge in [0.05, 0.1) is 22.6 Å². The van der Waals surface area contributed by atoms with E-state index in [1.165, 1.54) is 0 Å². The molecule has 0 aliphatic rings. The highest BCUT2D eigenvalue weighted by atomic mass is 16.3. The summed E-state index contributed by atoms with van der Waals surface area (Å²) in [5.74, 6) is 0. The number of furan rings is 2. The van der Waals surface area contributed by atoms with Crippen LogP contribution in [0, 0.1) is 0 Å². The molecule has 2 heteroatoms. The second kappa shape index (κ2) is 7.34. The van der Waals surface area contributed by atoms with Crippen molar-refractivity contribution in [2.75, 3.05) is 0 Å². The number of benzene rings is 6. The van der Waals surface area contributed by atoms with Crippen LogP contribution in [0.15, 0.2) is 130 Å². The van der Waals surface area contributed by atoms with E-state index in [9.17, 15) is 0 Å². The maximum Gasteiger partial charge on any atom is 0.146 e. The Morgan fingerprint density at radius 1 is 0.500 bits per heavy atom. The normalized spacial score (nSPS) is 15.0. The van der Waals surface area contributed by atoms with Gasteiger partial charge in [-0.25, -0.2) is 0 Å². The highest BCUT2D eigenvalue weighted by Crippen LogP contribution is 2.46. The van der Waals surface area contributed by atoms with Gasteiger partial charge in [-0.15, -0.1) is 0 Å². The Morgan fingerprint density at radius 2 is 1.17 bits per heavy atom. The molecule has 2 heterocycles. The van der Waals surface area contributed by atoms with Crippen LogP contribution < -0.4 is 0 Å². The topological polar surface area (TPSA) is 26.3 Å². The van der Waals surface area contributed by atoms with Gasteiger partial charge in [0.2, 0.25) is 0 Å². The predicted molar refractivity (Wildman–Crippen MR) is 149 cm³/mol. The Morgan fingerprint density at radius 3 is 1.89 bits per heavy atom. The summed E-state index contributed by atoms with van der Waals surface area (Å²) in [6, 6.07) is 17.0. The van der Waals surface area contributed by atoms with Crippen LogP contribution >= 0.6 is 0 Å². The third-order valence-electron chi connectivity index (χ3n) is 6.80. The van der Waals surface area contributed by atoms with Crippen molar-refractivity contribution in [3.63, 3.8) is 0 Å². The molecule has 8 rings (SSSR count). The smallest absolute Gasteiger partial charge is 0.146 e. The molecule has 0 aliphatic carbocycles. The lowest BCUT2D eigenvalue weighted by atomic mass is 9.85. The molecule has 0 radical (unpaired) electrons. The average molecular weight is 469 g/mol. The van der Waals surface area contributed by atoms with E-state index in [1.807, 2.05) is 36.4 Å². The molecule has 2 nitrogen and oxygen atoms in total. The Balaban J connectivity index is 1.71. The molecular formula is C34H20O2. The first kappa shape index (κ1) is 13.3. The molecule has 0 saturated carbocycles. The molecule has 0 N–H and O–H groups in total. The van der Waals surface area contributed by atoms with Crippen LogP contribution in [0.1, 0.15) is 11.0 Å². The van der Waals surface area contributed by atoms with Crippen molar-refractivity contribution in [1.29, 1.82) is 0 Å². The summed E-state index contributed by atoms with van der Waals surface area (Å²) >= 11 is 0.